The average Bonchev–Trinajstić information content (AvgIpc) is 3.07. The summed E-state index contributed by atoms with van der Waals surface area (Å²) in [6.07, 6.45) is 1.73. The van der Waals surface area contributed by atoms with Gasteiger partial charge in [-0.25, -0.2) is 13.1 Å². The Labute approximate surface area is 144 Å². The van der Waals surface area contributed by atoms with Crippen LogP contribution in [-0.2, 0) is 14.8 Å². The Morgan fingerprint density at radius 1 is 1.29 bits per heavy atom. The molecule has 2 aliphatic rings. The number of sulfonamides is 1. The lowest BCUT2D eigenvalue weighted by molar-refractivity contribution is 0.188. The topological polar surface area (TPSA) is 76.7 Å². The van der Waals surface area contributed by atoms with Crippen molar-refractivity contribution in [2.75, 3.05) is 39.2 Å². The molecule has 0 amide bonds. The van der Waals surface area contributed by atoms with Crippen LogP contribution in [0.1, 0.15) is 24.3 Å². The number of benzene rings is 1. The molecular formula is C17H26N2O4S. The lowest BCUT2D eigenvalue weighted by Gasteiger charge is -2.33. The van der Waals surface area contributed by atoms with Gasteiger partial charge in [-0.2, -0.15) is 0 Å². The zero-order chi connectivity index (χ0) is 17.0. The SMILES string of the molecule is COc1ccc(C2CCNCC2NS(=O)(=O)CC2CCOC2)cc1. The predicted molar refractivity (Wildman–Crippen MR) is 92.9 cm³/mol. The van der Waals surface area contributed by atoms with E-state index in [1.807, 2.05) is 24.3 Å². The lowest BCUT2D eigenvalue weighted by atomic mass is 9.86. The maximum atomic E-state index is 12.5. The molecule has 24 heavy (non-hydrogen) atoms. The van der Waals surface area contributed by atoms with Crippen LogP contribution in [-0.4, -0.2) is 53.6 Å². The molecule has 2 heterocycles. The average molecular weight is 354 g/mol. The van der Waals surface area contributed by atoms with Crippen molar-refractivity contribution < 1.29 is 17.9 Å². The van der Waals surface area contributed by atoms with Crippen molar-refractivity contribution >= 4 is 10.0 Å². The second-order valence-corrected chi connectivity index (χ2v) is 8.41. The highest BCUT2D eigenvalue weighted by Crippen LogP contribution is 2.28. The van der Waals surface area contributed by atoms with Crippen molar-refractivity contribution in [1.82, 2.24) is 10.0 Å². The molecule has 134 valence electrons. The van der Waals surface area contributed by atoms with Crippen LogP contribution in [0.4, 0.5) is 0 Å². The van der Waals surface area contributed by atoms with E-state index in [0.29, 0.717) is 19.8 Å². The summed E-state index contributed by atoms with van der Waals surface area (Å²) in [6.45, 7) is 2.76. The number of nitrogens with one attached hydrogen (secondary N) is 2. The van der Waals surface area contributed by atoms with Crippen LogP contribution in [0, 0.1) is 5.92 Å². The third-order valence-electron chi connectivity index (χ3n) is 4.84. The standard InChI is InChI=1S/C17H26N2O4S/c1-22-15-4-2-14(3-5-15)16-6-8-18-10-17(16)19-24(20,21)12-13-7-9-23-11-13/h2-5,13,16-19H,6-12H2,1H3. The molecule has 2 N–H and O–H groups in total. The van der Waals surface area contributed by atoms with E-state index in [-0.39, 0.29) is 23.6 Å². The van der Waals surface area contributed by atoms with Gasteiger partial charge in [-0.15, -0.1) is 0 Å². The summed E-state index contributed by atoms with van der Waals surface area (Å²) in [7, 11) is -1.67. The van der Waals surface area contributed by atoms with Crippen molar-refractivity contribution in [2.45, 2.75) is 24.8 Å². The maximum absolute atomic E-state index is 12.5. The minimum Gasteiger partial charge on any atom is -0.497 e. The Kier molecular flexibility index (Phi) is 5.76. The number of rotatable bonds is 6. The van der Waals surface area contributed by atoms with Crippen LogP contribution in [0.2, 0.25) is 0 Å². The first-order valence-electron chi connectivity index (χ1n) is 8.50. The minimum absolute atomic E-state index is 0.110. The summed E-state index contributed by atoms with van der Waals surface area (Å²) in [5, 5.41) is 3.30. The molecular weight excluding hydrogens is 328 g/mol. The first-order chi connectivity index (χ1) is 11.6. The fourth-order valence-corrected chi connectivity index (χ4v) is 5.22. The first kappa shape index (κ1) is 17.7. The molecule has 2 aliphatic heterocycles. The van der Waals surface area contributed by atoms with Gasteiger partial charge in [0.25, 0.3) is 0 Å². The molecule has 0 spiro atoms. The fourth-order valence-electron chi connectivity index (χ4n) is 3.54. The second-order valence-electron chi connectivity index (χ2n) is 6.61. The van der Waals surface area contributed by atoms with E-state index in [2.05, 4.69) is 10.0 Å². The number of hydrogen-bond acceptors (Lipinski definition) is 5. The molecule has 6 nitrogen and oxygen atoms in total. The third-order valence-corrected chi connectivity index (χ3v) is 6.41. The highest BCUT2D eigenvalue weighted by atomic mass is 32.2. The highest BCUT2D eigenvalue weighted by molar-refractivity contribution is 7.89. The monoisotopic (exact) mass is 354 g/mol. The summed E-state index contributed by atoms with van der Waals surface area (Å²) < 4.78 is 38.4. The molecule has 3 rings (SSSR count). The van der Waals surface area contributed by atoms with Crippen molar-refractivity contribution in [3.8, 4) is 5.75 Å². The predicted octanol–water partition coefficient (Wildman–Crippen LogP) is 1.10. The Bertz CT molecular complexity index is 626. The number of piperidine rings is 1. The van der Waals surface area contributed by atoms with Crippen LogP contribution in [0.5, 0.6) is 5.75 Å². The van der Waals surface area contributed by atoms with Gasteiger partial charge in [0.1, 0.15) is 5.75 Å². The van der Waals surface area contributed by atoms with Gasteiger partial charge in [0, 0.05) is 25.1 Å². The van der Waals surface area contributed by atoms with Gasteiger partial charge < -0.3 is 14.8 Å². The van der Waals surface area contributed by atoms with Crippen molar-refractivity contribution in [2.24, 2.45) is 5.92 Å². The van der Waals surface area contributed by atoms with E-state index in [1.54, 1.807) is 7.11 Å². The zero-order valence-electron chi connectivity index (χ0n) is 14.0. The van der Waals surface area contributed by atoms with Crippen molar-refractivity contribution in [3.05, 3.63) is 29.8 Å². The number of methoxy groups -OCH3 is 1. The number of hydrogen-bond donors (Lipinski definition) is 2. The normalized spacial score (nSPS) is 28.0. The quantitative estimate of drug-likeness (QED) is 0.800. The van der Waals surface area contributed by atoms with Crippen LogP contribution in [0.15, 0.2) is 24.3 Å². The molecule has 0 radical (unpaired) electrons. The highest BCUT2D eigenvalue weighted by Gasteiger charge is 2.31. The summed E-state index contributed by atoms with van der Waals surface area (Å²) >= 11 is 0. The van der Waals surface area contributed by atoms with Gasteiger partial charge in [-0.3, -0.25) is 0 Å². The minimum atomic E-state index is -3.31. The first-order valence-corrected chi connectivity index (χ1v) is 10.1. The summed E-state index contributed by atoms with van der Waals surface area (Å²) in [5.74, 6) is 1.25. The molecule has 1 aromatic carbocycles. The molecule has 1 aromatic rings. The van der Waals surface area contributed by atoms with Gasteiger partial charge >= 0.3 is 0 Å². The summed E-state index contributed by atoms with van der Waals surface area (Å²) in [6, 6.07) is 7.79. The molecule has 2 saturated heterocycles. The van der Waals surface area contributed by atoms with E-state index in [4.69, 9.17) is 9.47 Å². The molecule has 7 heteroatoms. The van der Waals surface area contributed by atoms with Gasteiger partial charge in [0.05, 0.1) is 19.5 Å². The van der Waals surface area contributed by atoms with Crippen molar-refractivity contribution in [3.63, 3.8) is 0 Å². The molecule has 0 aromatic heterocycles. The maximum Gasteiger partial charge on any atom is 0.212 e. The van der Waals surface area contributed by atoms with E-state index in [0.717, 1.165) is 30.7 Å². The third kappa shape index (κ3) is 4.47. The molecule has 0 bridgehead atoms. The van der Waals surface area contributed by atoms with Gasteiger partial charge in [0.2, 0.25) is 10.0 Å². The molecule has 0 aliphatic carbocycles. The van der Waals surface area contributed by atoms with E-state index < -0.39 is 10.0 Å². The van der Waals surface area contributed by atoms with E-state index in [9.17, 15) is 8.42 Å². The van der Waals surface area contributed by atoms with Crippen LogP contribution >= 0.6 is 0 Å². The number of ether oxygens (including phenoxy) is 2. The fraction of sp³-hybridized carbons (Fsp3) is 0.647. The molecule has 0 saturated carbocycles. The van der Waals surface area contributed by atoms with E-state index >= 15 is 0 Å². The van der Waals surface area contributed by atoms with Gasteiger partial charge in [-0.05, 0) is 43.0 Å². The van der Waals surface area contributed by atoms with Crippen molar-refractivity contribution in [1.29, 1.82) is 0 Å². The second kappa shape index (κ2) is 7.82. The van der Waals surface area contributed by atoms with Crippen LogP contribution in [0.3, 0.4) is 0 Å². The Morgan fingerprint density at radius 3 is 2.75 bits per heavy atom. The Balaban J connectivity index is 1.69. The zero-order valence-corrected chi connectivity index (χ0v) is 14.8. The smallest absolute Gasteiger partial charge is 0.212 e. The summed E-state index contributed by atoms with van der Waals surface area (Å²) in [5.41, 5.74) is 1.15. The Hall–Kier alpha value is -1.15. The lowest BCUT2D eigenvalue weighted by Crippen LogP contribution is -2.50. The molecule has 3 atom stereocenters. The van der Waals surface area contributed by atoms with Crippen LogP contribution < -0.4 is 14.8 Å². The summed E-state index contributed by atoms with van der Waals surface area (Å²) in [4.78, 5) is 0. The largest absolute Gasteiger partial charge is 0.497 e. The van der Waals surface area contributed by atoms with Gasteiger partial charge in [0.15, 0.2) is 0 Å². The molecule has 3 unspecified atom stereocenters. The van der Waals surface area contributed by atoms with Crippen LogP contribution in [0.25, 0.3) is 0 Å². The Morgan fingerprint density at radius 2 is 2.08 bits per heavy atom. The molecule has 2 fully saturated rings. The van der Waals surface area contributed by atoms with E-state index in [1.165, 1.54) is 0 Å². The van der Waals surface area contributed by atoms with Gasteiger partial charge in [-0.1, -0.05) is 12.1 Å².